The molecule has 0 spiro atoms. The van der Waals surface area contributed by atoms with Gasteiger partial charge in [0, 0.05) is 3.57 Å². The fourth-order valence-corrected chi connectivity index (χ4v) is 3.01. The van der Waals surface area contributed by atoms with E-state index in [0.717, 1.165) is 5.52 Å². The second-order valence-corrected chi connectivity index (χ2v) is 4.93. The van der Waals surface area contributed by atoms with Crippen molar-refractivity contribution in [1.82, 2.24) is 4.98 Å². The molecule has 0 saturated heterocycles. The number of halogens is 1. The zero-order valence-electron chi connectivity index (χ0n) is 6.47. The van der Waals surface area contributed by atoms with Gasteiger partial charge < -0.3 is 5.73 Å². The SMILES string of the molecule is Cc1cc(I)cc2sc(N)nc12. The summed E-state index contributed by atoms with van der Waals surface area (Å²) in [4.78, 5) is 4.25. The maximum Gasteiger partial charge on any atom is 0.181 e. The van der Waals surface area contributed by atoms with Crippen molar-refractivity contribution in [3.8, 4) is 0 Å². The van der Waals surface area contributed by atoms with Crippen molar-refractivity contribution in [1.29, 1.82) is 0 Å². The van der Waals surface area contributed by atoms with Gasteiger partial charge in [-0.3, -0.25) is 0 Å². The predicted octanol–water partition coefficient (Wildman–Crippen LogP) is 2.79. The van der Waals surface area contributed by atoms with Crippen molar-refractivity contribution in [2.24, 2.45) is 0 Å². The fraction of sp³-hybridized carbons (Fsp3) is 0.125. The molecule has 62 valence electrons. The molecule has 1 aromatic heterocycles. The van der Waals surface area contributed by atoms with Crippen LogP contribution in [0.1, 0.15) is 5.56 Å². The molecular weight excluding hydrogens is 283 g/mol. The van der Waals surface area contributed by atoms with Crippen molar-refractivity contribution in [2.45, 2.75) is 6.92 Å². The van der Waals surface area contributed by atoms with Crippen LogP contribution in [0.5, 0.6) is 0 Å². The Labute approximate surface area is 87.9 Å². The van der Waals surface area contributed by atoms with Crippen LogP contribution in [0, 0.1) is 10.5 Å². The second-order valence-electron chi connectivity index (χ2n) is 2.62. The Morgan fingerprint density at radius 3 is 3.00 bits per heavy atom. The molecule has 0 atom stereocenters. The maximum atomic E-state index is 5.61. The molecule has 0 amide bonds. The number of fused-ring (bicyclic) bond motifs is 1. The van der Waals surface area contributed by atoms with E-state index < -0.39 is 0 Å². The first-order valence-corrected chi connectivity index (χ1v) is 5.38. The van der Waals surface area contributed by atoms with Gasteiger partial charge in [-0.1, -0.05) is 11.3 Å². The van der Waals surface area contributed by atoms with Crippen molar-refractivity contribution >= 4 is 49.3 Å². The Hall–Kier alpha value is -0.360. The van der Waals surface area contributed by atoms with Gasteiger partial charge >= 0.3 is 0 Å². The van der Waals surface area contributed by atoms with E-state index in [1.54, 1.807) is 11.3 Å². The molecule has 2 nitrogen and oxygen atoms in total. The van der Waals surface area contributed by atoms with Gasteiger partial charge in [-0.05, 0) is 47.2 Å². The number of aryl methyl sites for hydroxylation is 1. The van der Waals surface area contributed by atoms with E-state index in [1.807, 2.05) is 0 Å². The summed E-state index contributed by atoms with van der Waals surface area (Å²) in [6, 6.07) is 4.22. The normalized spacial score (nSPS) is 10.8. The van der Waals surface area contributed by atoms with E-state index in [-0.39, 0.29) is 0 Å². The summed E-state index contributed by atoms with van der Waals surface area (Å²) in [5.74, 6) is 0. The molecule has 1 aromatic carbocycles. The topological polar surface area (TPSA) is 38.9 Å². The minimum Gasteiger partial charge on any atom is -0.375 e. The van der Waals surface area contributed by atoms with Crippen molar-refractivity contribution in [2.75, 3.05) is 5.73 Å². The smallest absolute Gasteiger partial charge is 0.181 e. The first kappa shape index (κ1) is 8.25. The molecule has 1 heterocycles. The average Bonchev–Trinajstić information content (AvgIpc) is 2.29. The average molecular weight is 290 g/mol. The van der Waals surface area contributed by atoms with Crippen LogP contribution in [0.2, 0.25) is 0 Å². The van der Waals surface area contributed by atoms with E-state index >= 15 is 0 Å². The monoisotopic (exact) mass is 290 g/mol. The molecule has 4 heteroatoms. The highest BCUT2D eigenvalue weighted by Gasteiger charge is 2.04. The van der Waals surface area contributed by atoms with Crippen molar-refractivity contribution in [3.05, 3.63) is 21.3 Å². The number of anilines is 1. The standard InChI is InChI=1S/C8H7IN2S/c1-4-2-5(9)3-6-7(4)11-8(10)12-6/h2-3H,1H3,(H2,10,11). The van der Waals surface area contributed by atoms with Gasteiger partial charge in [0.25, 0.3) is 0 Å². The van der Waals surface area contributed by atoms with Crippen LogP contribution in [0.4, 0.5) is 5.13 Å². The number of nitrogens with two attached hydrogens (primary N) is 1. The zero-order chi connectivity index (χ0) is 8.72. The molecule has 12 heavy (non-hydrogen) atoms. The van der Waals surface area contributed by atoms with Crippen molar-refractivity contribution in [3.63, 3.8) is 0 Å². The highest BCUT2D eigenvalue weighted by Crippen LogP contribution is 2.27. The lowest BCUT2D eigenvalue weighted by Crippen LogP contribution is -1.81. The number of hydrogen-bond donors (Lipinski definition) is 1. The fourth-order valence-electron chi connectivity index (χ4n) is 1.17. The number of aromatic nitrogens is 1. The Bertz CT molecular complexity index is 436. The van der Waals surface area contributed by atoms with Crippen LogP contribution < -0.4 is 5.73 Å². The second kappa shape index (κ2) is 2.85. The molecule has 0 radical (unpaired) electrons. The lowest BCUT2D eigenvalue weighted by atomic mass is 10.2. The predicted molar refractivity (Wildman–Crippen MR) is 61.5 cm³/mol. The van der Waals surface area contributed by atoms with Gasteiger partial charge in [-0.25, -0.2) is 4.98 Å². The number of benzene rings is 1. The lowest BCUT2D eigenvalue weighted by Gasteiger charge is -1.94. The Morgan fingerprint density at radius 2 is 2.25 bits per heavy atom. The van der Waals surface area contributed by atoms with Crippen LogP contribution >= 0.6 is 33.9 Å². The van der Waals surface area contributed by atoms with E-state index in [9.17, 15) is 0 Å². The first-order valence-electron chi connectivity index (χ1n) is 3.49. The first-order chi connectivity index (χ1) is 5.66. The summed E-state index contributed by atoms with van der Waals surface area (Å²) in [6.45, 7) is 2.06. The molecule has 0 bridgehead atoms. The van der Waals surface area contributed by atoms with Crippen LogP contribution in [-0.2, 0) is 0 Å². The minimum absolute atomic E-state index is 0.648. The van der Waals surface area contributed by atoms with Crippen LogP contribution in [0.3, 0.4) is 0 Å². The Balaban J connectivity index is 2.88. The van der Waals surface area contributed by atoms with E-state index in [1.165, 1.54) is 13.8 Å². The van der Waals surface area contributed by atoms with Crippen LogP contribution in [0.25, 0.3) is 10.2 Å². The highest BCUT2D eigenvalue weighted by atomic mass is 127. The van der Waals surface area contributed by atoms with E-state index in [4.69, 9.17) is 5.73 Å². The molecule has 2 aromatic rings. The molecule has 0 aliphatic carbocycles. The zero-order valence-corrected chi connectivity index (χ0v) is 9.44. The summed E-state index contributed by atoms with van der Waals surface area (Å²) in [6.07, 6.45) is 0. The largest absolute Gasteiger partial charge is 0.375 e. The lowest BCUT2D eigenvalue weighted by molar-refractivity contribution is 1.42. The Morgan fingerprint density at radius 1 is 1.50 bits per heavy atom. The van der Waals surface area contributed by atoms with Gasteiger partial charge in [-0.15, -0.1) is 0 Å². The minimum atomic E-state index is 0.648. The molecule has 0 fully saturated rings. The van der Waals surface area contributed by atoms with Crippen LogP contribution in [0.15, 0.2) is 12.1 Å². The highest BCUT2D eigenvalue weighted by molar-refractivity contribution is 14.1. The maximum absolute atomic E-state index is 5.61. The third-order valence-corrected chi connectivity index (χ3v) is 3.12. The molecule has 0 saturated carbocycles. The summed E-state index contributed by atoms with van der Waals surface area (Å²) in [5, 5.41) is 0.648. The van der Waals surface area contributed by atoms with Gasteiger partial charge in [0.05, 0.1) is 10.2 Å². The molecule has 0 unspecified atom stereocenters. The quantitative estimate of drug-likeness (QED) is 0.758. The van der Waals surface area contributed by atoms with Crippen molar-refractivity contribution < 1.29 is 0 Å². The number of thiazole rings is 1. The molecule has 0 aliphatic rings. The number of nitrogens with zero attached hydrogens (tertiary/aromatic N) is 1. The summed E-state index contributed by atoms with van der Waals surface area (Å²) < 4.78 is 2.41. The number of nitrogen functional groups attached to an aromatic ring is 1. The molecule has 0 aliphatic heterocycles. The van der Waals surface area contributed by atoms with Gasteiger partial charge in [0.2, 0.25) is 0 Å². The molecular formula is C8H7IN2S. The Kier molecular flexibility index (Phi) is 1.96. The van der Waals surface area contributed by atoms with E-state index in [2.05, 4.69) is 46.6 Å². The summed E-state index contributed by atoms with van der Waals surface area (Å²) in [7, 11) is 0. The van der Waals surface area contributed by atoms with Crippen LogP contribution in [-0.4, -0.2) is 4.98 Å². The third-order valence-electron chi connectivity index (χ3n) is 1.67. The third kappa shape index (κ3) is 1.29. The van der Waals surface area contributed by atoms with Gasteiger partial charge in [-0.2, -0.15) is 0 Å². The van der Waals surface area contributed by atoms with E-state index in [0.29, 0.717) is 5.13 Å². The van der Waals surface area contributed by atoms with Gasteiger partial charge in [0.1, 0.15) is 0 Å². The molecule has 2 N–H and O–H groups in total. The summed E-state index contributed by atoms with van der Waals surface area (Å²) in [5.41, 5.74) is 7.85. The number of hydrogen-bond acceptors (Lipinski definition) is 3. The molecule has 2 rings (SSSR count). The number of rotatable bonds is 0. The van der Waals surface area contributed by atoms with Gasteiger partial charge in [0.15, 0.2) is 5.13 Å². The summed E-state index contributed by atoms with van der Waals surface area (Å²) >= 11 is 3.84.